The fourth-order valence-corrected chi connectivity index (χ4v) is 1.17. The van der Waals surface area contributed by atoms with Gasteiger partial charge >= 0.3 is 0 Å². The van der Waals surface area contributed by atoms with Crippen molar-refractivity contribution in [2.24, 2.45) is 0 Å². The molecule has 0 spiro atoms. The summed E-state index contributed by atoms with van der Waals surface area (Å²) in [7, 11) is 0. The highest BCUT2D eigenvalue weighted by atomic mass is 35.5. The smallest absolute Gasteiger partial charge is 0.163 e. The van der Waals surface area contributed by atoms with Crippen LogP contribution in [0.5, 0.6) is 0 Å². The van der Waals surface area contributed by atoms with Crippen LogP contribution in [0, 0.1) is 23.0 Å². The summed E-state index contributed by atoms with van der Waals surface area (Å²) in [6.45, 7) is 1.48. The second kappa shape index (κ2) is 3.71. The predicted molar refractivity (Wildman–Crippen MR) is 45.4 cm³/mol. The van der Waals surface area contributed by atoms with Crippen LogP contribution >= 0.6 is 11.6 Å². The molecular formula is C9H6ClF2N. The molecule has 0 fully saturated rings. The topological polar surface area (TPSA) is 23.8 Å². The Kier molecular flexibility index (Phi) is 2.84. The summed E-state index contributed by atoms with van der Waals surface area (Å²) in [5.74, 6) is -2.73. The van der Waals surface area contributed by atoms with Gasteiger partial charge in [-0.3, -0.25) is 0 Å². The number of hydrogen-bond donors (Lipinski definition) is 0. The standard InChI is InChI=1S/C9H6ClF2N/c1-5(4-13)7-2-6(10)3-8(11)9(7)12/h2-3,5H,1H3. The van der Waals surface area contributed by atoms with E-state index in [2.05, 4.69) is 0 Å². The third-order valence-corrected chi connectivity index (χ3v) is 1.90. The first-order valence-electron chi connectivity index (χ1n) is 3.60. The monoisotopic (exact) mass is 201 g/mol. The zero-order valence-electron chi connectivity index (χ0n) is 6.81. The summed E-state index contributed by atoms with van der Waals surface area (Å²) in [6, 6.07) is 3.95. The van der Waals surface area contributed by atoms with Gasteiger partial charge in [0.1, 0.15) is 0 Å². The lowest BCUT2D eigenvalue weighted by atomic mass is 10.0. The molecule has 1 nitrogen and oxygen atoms in total. The Morgan fingerprint density at radius 2 is 2.08 bits per heavy atom. The molecule has 0 aliphatic rings. The van der Waals surface area contributed by atoms with Gasteiger partial charge in [0.15, 0.2) is 11.6 Å². The lowest BCUT2D eigenvalue weighted by molar-refractivity contribution is 0.497. The molecule has 0 N–H and O–H groups in total. The summed E-state index contributed by atoms with van der Waals surface area (Å²) in [4.78, 5) is 0. The number of nitriles is 1. The largest absolute Gasteiger partial charge is 0.204 e. The third kappa shape index (κ3) is 1.96. The van der Waals surface area contributed by atoms with Crippen molar-refractivity contribution < 1.29 is 8.78 Å². The van der Waals surface area contributed by atoms with Crippen molar-refractivity contribution in [3.8, 4) is 6.07 Å². The molecule has 0 amide bonds. The lowest BCUT2D eigenvalue weighted by Crippen LogP contribution is -1.97. The van der Waals surface area contributed by atoms with Crippen LogP contribution in [-0.4, -0.2) is 0 Å². The van der Waals surface area contributed by atoms with Crippen molar-refractivity contribution in [2.45, 2.75) is 12.8 Å². The normalized spacial score (nSPS) is 12.2. The number of nitrogens with zero attached hydrogens (tertiary/aromatic N) is 1. The van der Waals surface area contributed by atoms with Gasteiger partial charge in [0.05, 0.1) is 12.0 Å². The zero-order chi connectivity index (χ0) is 10.0. The van der Waals surface area contributed by atoms with Crippen LogP contribution < -0.4 is 0 Å². The van der Waals surface area contributed by atoms with E-state index in [4.69, 9.17) is 16.9 Å². The highest BCUT2D eigenvalue weighted by Crippen LogP contribution is 2.24. The molecule has 0 saturated heterocycles. The number of rotatable bonds is 1. The van der Waals surface area contributed by atoms with E-state index in [1.807, 2.05) is 6.07 Å². The molecule has 1 unspecified atom stereocenters. The molecular weight excluding hydrogens is 196 g/mol. The highest BCUT2D eigenvalue weighted by molar-refractivity contribution is 6.30. The van der Waals surface area contributed by atoms with E-state index in [0.29, 0.717) is 0 Å². The van der Waals surface area contributed by atoms with Crippen LogP contribution in [0.1, 0.15) is 18.4 Å². The molecule has 0 radical (unpaired) electrons. The van der Waals surface area contributed by atoms with Crippen LogP contribution in [0.15, 0.2) is 12.1 Å². The van der Waals surface area contributed by atoms with Gasteiger partial charge in [0, 0.05) is 10.6 Å². The fourth-order valence-electron chi connectivity index (χ4n) is 0.961. The second-order valence-corrected chi connectivity index (χ2v) is 3.08. The van der Waals surface area contributed by atoms with Gasteiger partial charge in [-0.2, -0.15) is 5.26 Å². The molecule has 0 saturated carbocycles. The maximum absolute atomic E-state index is 13.0. The Labute approximate surface area is 79.6 Å². The third-order valence-electron chi connectivity index (χ3n) is 1.68. The Morgan fingerprint density at radius 1 is 1.46 bits per heavy atom. The highest BCUT2D eigenvalue weighted by Gasteiger charge is 2.15. The number of halogens is 3. The van der Waals surface area contributed by atoms with E-state index in [0.717, 1.165) is 6.07 Å². The van der Waals surface area contributed by atoms with Crippen LogP contribution in [0.3, 0.4) is 0 Å². The van der Waals surface area contributed by atoms with E-state index in [-0.39, 0.29) is 10.6 Å². The minimum absolute atomic E-state index is 0.00694. The average molecular weight is 202 g/mol. The van der Waals surface area contributed by atoms with E-state index >= 15 is 0 Å². The van der Waals surface area contributed by atoms with Crippen molar-refractivity contribution in [1.82, 2.24) is 0 Å². The first kappa shape index (κ1) is 9.94. The quantitative estimate of drug-likeness (QED) is 0.640. The lowest BCUT2D eigenvalue weighted by Gasteiger charge is -2.05. The zero-order valence-corrected chi connectivity index (χ0v) is 7.57. The van der Waals surface area contributed by atoms with E-state index in [9.17, 15) is 8.78 Å². The van der Waals surface area contributed by atoms with Gasteiger partial charge in [0.25, 0.3) is 0 Å². The van der Waals surface area contributed by atoms with Crippen LogP contribution in [-0.2, 0) is 0 Å². The fraction of sp³-hybridized carbons (Fsp3) is 0.222. The van der Waals surface area contributed by atoms with Crippen LogP contribution in [0.4, 0.5) is 8.78 Å². The minimum Gasteiger partial charge on any atom is -0.204 e. The molecule has 1 atom stereocenters. The number of hydrogen-bond acceptors (Lipinski definition) is 1. The van der Waals surface area contributed by atoms with Crippen molar-refractivity contribution in [1.29, 1.82) is 5.26 Å². The Balaban J connectivity index is 3.30. The van der Waals surface area contributed by atoms with Crippen molar-refractivity contribution in [3.63, 3.8) is 0 Å². The van der Waals surface area contributed by atoms with E-state index in [1.54, 1.807) is 0 Å². The second-order valence-electron chi connectivity index (χ2n) is 2.64. The van der Waals surface area contributed by atoms with Crippen molar-refractivity contribution in [2.75, 3.05) is 0 Å². The van der Waals surface area contributed by atoms with Gasteiger partial charge in [-0.15, -0.1) is 0 Å². The number of benzene rings is 1. The van der Waals surface area contributed by atoms with Crippen molar-refractivity contribution >= 4 is 11.6 Å². The van der Waals surface area contributed by atoms with E-state index in [1.165, 1.54) is 13.0 Å². The van der Waals surface area contributed by atoms with Gasteiger partial charge in [0.2, 0.25) is 0 Å². The molecule has 13 heavy (non-hydrogen) atoms. The molecule has 0 heterocycles. The molecule has 0 aliphatic heterocycles. The summed E-state index contributed by atoms with van der Waals surface area (Å²) < 4.78 is 25.8. The van der Waals surface area contributed by atoms with Gasteiger partial charge in [-0.05, 0) is 19.1 Å². The minimum atomic E-state index is -1.02. The average Bonchev–Trinajstić information content (AvgIpc) is 2.10. The summed E-state index contributed by atoms with van der Waals surface area (Å²) in [5, 5.41) is 8.61. The predicted octanol–water partition coefficient (Wildman–Crippen LogP) is 3.25. The molecule has 1 rings (SSSR count). The molecule has 1 aromatic carbocycles. The van der Waals surface area contributed by atoms with Crippen LogP contribution in [0.2, 0.25) is 5.02 Å². The van der Waals surface area contributed by atoms with Gasteiger partial charge in [-0.25, -0.2) is 8.78 Å². The molecule has 0 aliphatic carbocycles. The first-order valence-corrected chi connectivity index (χ1v) is 3.98. The van der Waals surface area contributed by atoms with Crippen LogP contribution in [0.25, 0.3) is 0 Å². The first-order chi connectivity index (χ1) is 6.06. The molecule has 68 valence electrons. The molecule has 0 bridgehead atoms. The SMILES string of the molecule is CC(C#N)c1cc(Cl)cc(F)c1F. The summed E-state index contributed by atoms with van der Waals surface area (Å²) in [5.41, 5.74) is -0.00694. The Hall–Kier alpha value is -1.14. The van der Waals surface area contributed by atoms with Gasteiger partial charge < -0.3 is 0 Å². The summed E-state index contributed by atoms with van der Waals surface area (Å²) >= 11 is 5.51. The molecule has 0 aromatic heterocycles. The molecule has 1 aromatic rings. The van der Waals surface area contributed by atoms with E-state index < -0.39 is 17.6 Å². The Bertz CT molecular complexity index is 371. The molecule has 4 heteroatoms. The Morgan fingerprint density at radius 3 is 2.62 bits per heavy atom. The maximum Gasteiger partial charge on any atom is 0.163 e. The summed E-state index contributed by atoms with van der Waals surface area (Å²) in [6.07, 6.45) is 0. The van der Waals surface area contributed by atoms with Gasteiger partial charge in [-0.1, -0.05) is 11.6 Å². The maximum atomic E-state index is 13.0. The van der Waals surface area contributed by atoms with Crippen molar-refractivity contribution in [3.05, 3.63) is 34.4 Å².